The fourth-order valence-corrected chi connectivity index (χ4v) is 2.30. The van der Waals surface area contributed by atoms with E-state index in [1.807, 2.05) is 0 Å². The van der Waals surface area contributed by atoms with Crippen LogP contribution >= 0.6 is 11.6 Å². The van der Waals surface area contributed by atoms with E-state index in [4.69, 9.17) is 26.2 Å². The predicted octanol–water partition coefficient (Wildman–Crippen LogP) is 1.86. The molecule has 0 saturated heterocycles. The summed E-state index contributed by atoms with van der Waals surface area (Å²) in [5.41, 5.74) is 0.0774. The maximum absolute atomic E-state index is 11.1. The van der Waals surface area contributed by atoms with Crippen LogP contribution in [0.2, 0.25) is 5.02 Å². The Morgan fingerprint density at radius 1 is 1.38 bits per heavy atom. The van der Waals surface area contributed by atoms with Crippen molar-refractivity contribution in [1.29, 1.82) is 0 Å². The van der Waals surface area contributed by atoms with Crippen LogP contribution in [0.5, 0.6) is 11.5 Å². The fraction of sp³-hybridized carbons (Fsp3) is 0.231. The van der Waals surface area contributed by atoms with Gasteiger partial charge in [-0.15, -0.1) is 0 Å². The Hall–Kier alpha value is -2.25. The number of carboxylic acids is 1. The van der Waals surface area contributed by atoms with Crippen LogP contribution in [0.3, 0.4) is 0 Å². The molecule has 2 rings (SSSR count). The number of methoxy groups -OCH3 is 2. The van der Waals surface area contributed by atoms with Crippen molar-refractivity contribution in [1.82, 2.24) is 9.97 Å². The molecule has 1 atom stereocenters. The van der Waals surface area contributed by atoms with Gasteiger partial charge >= 0.3 is 5.97 Å². The van der Waals surface area contributed by atoms with Crippen molar-refractivity contribution in [2.45, 2.75) is 6.10 Å². The number of benzene rings is 1. The smallest absolute Gasteiger partial charge is 0.356 e. The molecule has 1 aromatic carbocycles. The summed E-state index contributed by atoms with van der Waals surface area (Å²) in [6.45, 7) is 0. The highest BCUT2D eigenvalue weighted by atomic mass is 35.5. The number of aromatic amines is 1. The summed E-state index contributed by atoms with van der Waals surface area (Å²) in [6, 6.07) is 3.10. The monoisotopic (exact) mass is 312 g/mol. The van der Waals surface area contributed by atoms with Crippen LogP contribution in [0.4, 0.5) is 0 Å². The third-order valence-electron chi connectivity index (χ3n) is 2.96. The number of carboxylic acid groups (broad SMARTS) is 1. The first-order chi connectivity index (χ1) is 10.0. The van der Waals surface area contributed by atoms with Gasteiger partial charge in [0.2, 0.25) is 0 Å². The maximum Gasteiger partial charge on any atom is 0.356 e. The highest BCUT2D eigenvalue weighted by Gasteiger charge is 2.26. The third-order valence-corrected chi connectivity index (χ3v) is 3.31. The predicted molar refractivity (Wildman–Crippen MR) is 74.2 cm³/mol. The molecule has 7 nitrogen and oxygen atoms in total. The SMILES string of the molecule is COc1ccc(C(O)c2[nH]cnc2C(=O)O)c(OC)c1Cl. The molecule has 0 radical (unpaired) electrons. The number of hydrogen-bond donors (Lipinski definition) is 3. The number of nitrogens with zero attached hydrogens (tertiary/aromatic N) is 1. The quantitative estimate of drug-likeness (QED) is 0.778. The number of halogens is 1. The first kappa shape index (κ1) is 15.1. The van der Waals surface area contributed by atoms with E-state index >= 15 is 0 Å². The number of hydrogen-bond acceptors (Lipinski definition) is 5. The molecule has 1 unspecified atom stereocenters. The average Bonchev–Trinajstić information content (AvgIpc) is 2.95. The second kappa shape index (κ2) is 6.02. The fourth-order valence-electron chi connectivity index (χ4n) is 1.97. The van der Waals surface area contributed by atoms with Crippen molar-refractivity contribution in [2.75, 3.05) is 14.2 Å². The minimum Gasteiger partial charge on any atom is -0.495 e. The lowest BCUT2D eigenvalue weighted by atomic mass is 10.0. The van der Waals surface area contributed by atoms with Crippen molar-refractivity contribution in [2.24, 2.45) is 0 Å². The van der Waals surface area contributed by atoms with Crippen molar-refractivity contribution in [3.8, 4) is 11.5 Å². The number of H-pyrrole nitrogens is 1. The largest absolute Gasteiger partial charge is 0.495 e. The highest BCUT2D eigenvalue weighted by Crippen LogP contribution is 2.41. The minimum atomic E-state index is -1.28. The van der Waals surface area contributed by atoms with Crippen LogP contribution in [0.1, 0.15) is 27.8 Å². The number of nitrogens with one attached hydrogen (secondary N) is 1. The van der Waals surface area contributed by atoms with Crippen molar-refractivity contribution >= 4 is 17.6 Å². The molecule has 2 aromatic rings. The van der Waals surface area contributed by atoms with Crippen LogP contribution in [0.25, 0.3) is 0 Å². The van der Waals surface area contributed by atoms with Crippen molar-refractivity contribution < 1.29 is 24.5 Å². The molecule has 0 amide bonds. The molecule has 8 heteroatoms. The normalized spacial score (nSPS) is 12.0. The van der Waals surface area contributed by atoms with Crippen LogP contribution < -0.4 is 9.47 Å². The van der Waals surface area contributed by atoms with Crippen LogP contribution in [0.15, 0.2) is 18.5 Å². The second-order valence-electron chi connectivity index (χ2n) is 4.08. The Kier molecular flexibility index (Phi) is 4.35. The van der Waals surface area contributed by atoms with Crippen LogP contribution in [0, 0.1) is 0 Å². The highest BCUT2D eigenvalue weighted by molar-refractivity contribution is 6.33. The van der Waals surface area contributed by atoms with E-state index < -0.39 is 12.1 Å². The zero-order valence-corrected chi connectivity index (χ0v) is 12.0. The molecular weight excluding hydrogens is 300 g/mol. The Labute approximate surface area is 125 Å². The Morgan fingerprint density at radius 2 is 2.10 bits per heavy atom. The molecule has 0 aliphatic heterocycles. The Bertz CT molecular complexity index is 671. The summed E-state index contributed by atoms with van der Waals surface area (Å²) in [5.74, 6) is -0.661. The zero-order chi connectivity index (χ0) is 15.6. The molecule has 0 fully saturated rings. The van der Waals surface area contributed by atoms with Gasteiger partial charge in [0.1, 0.15) is 22.6 Å². The van der Waals surface area contributed by atoms with Gasteiger partial charge in [-0.25, -0.2) is 9.78 Å². The lowest BCUT2D eigenvalue weighted by Crippen LogP contribution is -2.09. The van der Waals surface area contributed by atoms with Gasteiger partial charge in [-0.2, -0.15) is 0 Å². The van der Waals surface area contributed by atoms with Gasteiger partial charge in [0, 0.05) is 5.56 Å². The first-order valence-electron chi connectivity index (χ1n) is 5.86. The molecule has 3 N–H and O–H groups in total. The van der Waals surface area contributed by atoms with E-state index in [2.05, 4.69) is 9.97 Å². The summed E-state index contributed by atoms with van der Waals surface area (Å²) in [7, 11) is 2.84. The minimum absolute atomic E-state index is 0.0435. The molecule has 112 valence electrons. The van der Waals surface area contributed by atoms with Gasteiger partial charge in [0.15, 0.2) is 5.69 Å². The number of aliphatic hydroxyl groups is 1. The Morgan fingerprint density at radius 3 is 2.67 bits per heavy atom. The molecular formula is C13H13ClN2O5. The van der Waals surface area contributed by atoms with Crippen molar-refractivity contribution in [3.05, 3.63) is 40.4 Å². The lowest BCUT2D eigenvalue weighted by Gasteiger charge is -2.17. The van der Waals surface area contributed by atoms with E-state index in [1.165, 1.54) is 20.5 Å². The number of rotatable bonds is 5. The van der Waals surface area contributed by atoms with E-state index in [9.17, 15) is 9.90 Å². The van der Waals surface area contributed by atoms with Gasteiger partial charge in [-0.05, 0) is 12.1 Å². The molecule has 21 heavy (non-hydrogen) atoms. The van der Waals surface area contributed by atoms with Gasteiger partial charge in [-0.3, -0.25) is 0 Å². The van der Waals surface area contributed by atoms with E-state index in [-0.39, 0.29) is 22.2 Å². The second-order valence-corrected chi connectivity index (χ2v) is 4.45. The van der Waals surface area contributed by atoms with E-state index in [1.54, 1.807) is 12.1 Å². The summed E-state index contributed by atoms with van der Waals surface area (Å²) in [6.07, 6.45) is -0.0865. The molecule has 0 aliphatic rings. The Balaban J connectivity index is 2.53. The van der Waals surface area contributed by atoms with Gasteiger partial charge in [0.25, 0.3) is 0 Å². The summed E-state index contributed by atoms with van der Waals surface area (Å²) < 4.78 is 10.3. The number of ether oxygens (including phenoxy) is 2. The van der Waals surface area contributed by atoms with Crippen LogP contribution in [-0.4, -0.2) is 40.4 Å². The number of carbonyl (C=O) groups is 1. The van der Waals surface area contributed by atoms with Gasteiger partial charge < -0.3 is 24.7 Å². The van der Waals surface area contributed by atoms with Gasteiger partial charge in [0.05, 0.1) is 26.2 Å². The van der Waals surface area contributed by atoms with E-state index in [0.29, 0.717) is 11.3 Å². The molecule has 1 aromatic heterocycles. The van der Waals surface area contributed by atoms with Crippen LogP contribution in [-0.2, 0) is 0 Å². The molecule has 0 saturated carbocycles. The zero-order valence-electron chi connectivity index (χ0n) is 11.3. The summed E-state index contributed by atoms with van der Waals surface area (Å²) >= 11 is 6.12. The van der Waals surface area contributed by atoms with Crippen molar-refractivity contribution in [3.63, 3.8) is 0 Å². The molecule has 1 heterocycles. The average molecular weight is 313 g/mol. The lowest BCUT2D eigenvalue weighted by molar-refractivity contribution is 0.0685. The number of aromatic nitrogens is 2. The molecule has 0 spiro atoms. The first-order valence-corrected chi connectivity index (χ1v) is 6.24. The molecule has 0 aliphatic carbocycles. The van der Waals surface area contributed by atoms with E-state index in [0.717, 1.165) is 0 Å². The number of aromatic carboxylic acids is 1. The number of aliphatic hydroxyl groups excluding tert-OH is 1. The number of imidazole rings is 1. The summed E-state index contributed by atoms with van der Waals surface area (Å²) in [5, 5.41) is 19.6. The standard InChI is InChI=1S/C13H13ClN2O5/c1-20-7-4-3-6(12(21-2)8(7)14)11(17)9-10(13(18)19)16-5-15-9/h3-5,11,17H,1-2H3,(H,15,16)(H,18,19). The molecule has 0 bridgehead atoms. The topological polar surface area (TPSA) is 105 Å². The van der Waals surface area contributed by atoms with Gasteiger partial charge in [-0.1, -0.05) is 11.6 Å². The summed E-state index contributed by atoms with van der Waals surface area (Å²) in [4.78, 5) is 17.3. The maximum atomic E-state index is 11.1. The third kappa shape index (κ3) is 2.65.